The number of halogens is 1. The van der Waals surface area contributed by atoms with Crippen LogP contribution in [0.25, 0.3) is 0 Å². The van der Waals surface area contributed by atoms with E-state index < -0.39 is 0 Å². The van der Waals surface area contributed by atoms with Gasteiger partial charge in [0.25, 0.3) is 5.91 Å². The number of pyridine rings is 2. The minimum Gasteiger partial charge on any atom is -0.346 e. The van der Waals surface area contributed by atoms with Gasteiger partial charge in [0, 0.05) is 37.6 Å². The van der Waals surface area contributed by atoms with Crippen molar-refractivity contribution in [2.24, 2.45) is 5.92 Å². The molecule has 3 unspecified atom stereocenters. The number of fused-ring (bicyclic) bond motifs is 1. The summed E-state index contributed by atoms with van der Waals surface area (Å²) < 4.78 is 13.3. The van der Waals surface area contributed by atoms with Gasteiger partial charge in [-0.2, -0.15) is 0 Å². The van der Waals surface area contributed by atoms with Crippen LogP contribution in [0.15, 0.2) is 30.7 Å². The highest BCUT2D eigenvalue weighted by atomic mass is 19.1. The van der Waals surface area contributed by atoms with Crippen molar-refractivity contribution in [2.75, 3.05) is 6.54 Å². The van der Waals surface area contributed by atoms with Crippen molar-refractivity contribution in [3.05, 3.63) is 58.9 Å². The molecule has 2 aromatic heterocycles. The quantitative estimate of drug-likeness (QED) is 0.927. The van der Waals surface area contributed by atoms with Gasteiger partial charge in [0.2, 0.25) is 0 Å². The van der Waals surface area contributed by atoms with Crippen LogP contribution in [0.2, 0.25) is 0 Å². The zero-order valence-electron chi connectivity index (χ0n) is 14.4. The van der Waals surface area contributed by atoms with E-state index in [9.17, 15) is 9.18 Å². The summed E-state index contributed by atoms with van der Waals surface area (Å²) in [5.41, 5.74) is 3.48. The zero-order valence-corrected chi connectivity index (χ0v) is 14.4. The maximum Gasteiger partial charge on any atom is 0.270 e. The number of carbonyl (C=O) groups is 1. The van der Waals surface area contributed by atoms with Gasteiger partial charge in [0.1, 0.15) is 11.5 Å². The molecule has 2 saturated heterocycles. The summed E-state index contributed by atoms with van der Waals surface area (Å²) >= 11 is 0. The Labute approximate surface area is 146 Å². The summed E-state index contributed by atoms with van der Waals surface area (Å²) in [6.45, 7) is 5.55. The summed E-state index contributed by atoms with van der Waals surface area (Å²) in [5, 5.41) is 3.14. The van der Waals surface area contributed by atoms with E-state index in [1.165, 1.54) is 12.3 Å². The van der Waals surface area contributed by atoms with Crippen LogP contribution >= 0.6 is 0 Å². The lowest BCUT2D eigenvalue weighted by atomic mass is 9.80. The molecule has 1 N–H and O–H groups in total. The maximum atomic E-state index is 13.3. The average molecular weight is 340 g/mol. The number of nitrogens with one attached hydrogen (secondary N) is 1. The smallest absolute Gasteiger partial charge is 0.270 e. The van der Waals surface area contributed by atoms with Gasteiger partial charge in [-0.05, 0) is 55.0 Å². The van der Waals surface area contributed by atoms with Crippen LogP contribution in [0.5, 0.6) is 0 Å². The third kappa shape index (κ3) is 3.02. The summed E-state index contributed by atoms with van der Waals surface area (Å²) in [5.74, 6) is 0.0359. The number of hydrogen-bond donors (Lipinski definition) is 1. The van der Waals surface area contributed by atoms with Crippen LogP contribution in [0.3, 0.4) is 0 Å². The van der Waals surface area contributed by atoms with Gasteiger partial charge in [-0.1, -0.05) is 0 Å². The highest BCUT2D eigenvalue weighted by Crippen LogP contribution is 2.41. The normalized spacial score (nSPS) is 24.8. The molecule has 130 valence electrons. The third-order valence-electron chi connectivity index (χ3n) is 5.45. The molecule has 0 aromatic carbocycles. The Kier molecular flexibility index (Phi) is 4.00. The number of hydrogen-bond acceptors (Lipinski definition) is 4. The number of aryl methyl sites for hydroxylation is 2. The fraction of sp³-hybridized carbons (Fsp3) is 0.421. The lowest BCUT2D eigenvalue weighted by molar-refractivity contribution is 0.0861. The van der Waals surface area contributed by atoms with E-state index in [-0.39, 0.29) is 17.8 Å². The summed E-state index contributed by atoms with van der Waals surface area (Å²) in [6, 6.07) is 3.82. The second-order valence-corrected chi connectivity index (χ2v) is 7.16. The molecule has 2 aromatic rings. The molecule has 6 heteroatoms. The highest BCUT2D eigenvalue weighted by molar-refractivity contribution is 5.92. The monoisotopic (exact) mass is 340 g/mol. The lowest BCUT2D eigenvalue weighted by Crippen LogP contribution is -2.54. The van der Waals surface area contributed by atoms with Gasteiger partial charge < -0.3 is 5.32 Å². The number of amides is 1. The molecular weight excluding hydrogens is 319 g/mol. The number of rotatable bonds is 4. The number of carbonyl (C=O) groups excluding carboxylic acids is 1. The SMILES string of the molecule is Cc1cnc(C(=O)NC2C3CC2N(Cc2cncc(F)c2)C3)cc1C. The fourth-order valence-electron chi connectivity index (χ4n) is 3.87. The molecule has 2 aliphatic heterocycles. The Morgan fingerprint density at radius 1 is 1.28 bits per heavy atom. The summed E-state index contributed by atoms with van der Waals surface area (Å²) in [7, 11) is 0. The topological polar surface area (TPSA) is 58.1 Å². The Morgan fingerprint density at radius 3 is 2.88 bits per heavy atom. The van der Waals surface area contributed by atoms with Gasteiger partial charge in [-0.3, -0.25) is 19.7 Å². The Hall–Kier alpha value is -2.34. The summed E-state index contributed by atoms with van der Waals surface area (Å²) in [6.07, 6.45) is 5.73. The zero-order chi connectivity index (χ0) is 17.6. The van der Waals surface area contributed by atoms with Gasteiger partial charge in [-0.25, -0.2) is 4.39 Å². The van der Waals surface area contributed by atoms with Crippen LogP contribution in [0.4, 0.5) is 4.39 Å². The molecule has 25 heavy (non-hydrogen) atoms. The largest absolute Gasteiger partial charge is 0.346 e. The van der Waals surface area contributed by atoms with Crippen LogP contribution in [-0.2, 0) is 6.54 Å². The van der Waals surface area contributed by atoms with Crippen molar-refractivity contribution in [2.45, 2.75) is 38.9 Å². The molecule has 0 radical (unpaired) electrons. The predicted molar refractivity (Wildman–Crippen MR) is 91.5 cm³/mol. The Bertz CT molecular complexity index is 825. The third-order valence-corrected chi connectivity index (χ3v) is 5.45. The van der Waals surface area contributed by atoms with E-state index in [0.717, 1.165) is 29.7 Å². The van der Waals surface area contributed by atoms with Gasteiger partial charge in [0.05, 0.1) is 6.20 Å². The van der Waals surface area contributed by atoms with E-state index in [0.29, 0.717) is 24.2 Å². The first-order valence-electron chi connectivity index (χ1n) is 8.59. The van der Waals surface area contributed by atoms with Gasteiger partial charge in [0.15, 0.2) is 0 Å². The van der Waals surface area contributed by atoms with E-state index in [1.54, 1.807) is 12.4 Å². The van der Waals surface area contributed by atoms with E-state index in [2.05, 4.69) is 20.2 Å². The van der Waals surface area contributed by atoms with Crippen LogP contribution in [-0.4, -0.2) is 39.4 Å². The Morgan fingerprint density at radius 2 is 2.12 bits per heavy atom. The molecule has 3 aliphatic rings. The summed E-state index contributed by atoms with van der Waals surface area (Å²) in [4.78, 5) is 22.9. The van der Waals surface area contributed by atoms with Crippen LogP contribution in [0, 0.1) is 25.6 Å². The van der Waals surface area contributed by atoms with Crippen molar-refractivity contribution in [1.29, 1.82) is 0 Å². The first-order valence-corrected chi connectivity index (χ1v) is 8.59. The maximum absolute atomic E-state index is 13.3. The first-order chi connectivity index (χ1) is 12.0. The fourth-order valence-corrected chi connectivity index (χ4v) is 3.87. The van der Waals surface area contributed by atoms with Gasteiger partial charge >= 0.3 is 0 Å². The van der Waals surface area contributed by atoms with Crippen molar-refractivity contribution in [3.8, 4) is 0 Å². The van der Waals surface area contributed by atoms with Crippen molar-refractivity contribution in [1.82, 2.24) is 20.2 Å². The van der Waals surface area contributed by atoms with Crippen LogP contribution in [0.1, 0.15) is 33.6 Å². The van der Waals surface area contributed by atoms with E-state index >= 15 is 0 Å². The van der Waals surface area contributed by atoms with E-state index in [1.807, 2.05) is 19.9 Å². The molecule has 5 nitrogen and oxygen atoms in total. The highest BCUT2D eigenvalue weighted by Gasteiger charge is 2.52. The molecule has 5 rings (SSSR count). The standard InChI is InChI=1S/C19H21FN4O/c1-11-3-16(22-6-12(11)2)19(25)23-18-14-5-17(18)24(10-14)9-13-4-15(20)8-21-7-13/h3-4,6-8,14,17-18H,5,9-10H2,1-2H3,(H,23,25). The first kappa shape index (κ1) is 16.1. The van der Waals surface area contributed by atoms with Crippen LogP contribution < -0.4 is 5.32 Å². The Balaban J connectivity index is 1.40. The molecule has 3 atom stereocenters. The molecule has 4 heterocycles. The van der Waals surface area contributed by atoms with Gasteiger partial charge in [-0.15, -0.1) is 0 Å². The molecule has 2 bridgehead atoms. The number of aromatic nitrogens is 2. The molecule has 3 fully saturated rings. The van der Waals surface area contributed by atoms with Crippen molar-refractivity contribution in [3.63, 3.8) is 0 Å². The minimum absolute atomic E-state index is 0.114. The minimum atomic E-state index is -0.310. The second kappa shape index (κ2) is 6.19. The van der Waals surface area contributed by atoms with Crippen molar-refractivity contribution < 1.29 is 9.18 Å². The van der Waals surface area contributed by atoms with Crippen molar-refractivity contribution >= 4 is 5.91 Å². The molecular formula is C19H21FN4O. The average Bonchev–Trinajstić information content (AvgIpc) is 3.12. The second-order valence-electron chi connectivity index (χ2n) is 7.16. The molecule has 0 spiro atoms. The molecule has 1 aliphatic carbocycles. The molecule has 1 saturated carbocycles. The lowest BCUT2D eigenvalue weighted by Gasteiger charge is -2.37. The van der Waals surface area contributed by atoms with E-state index in [4.69, 9.17) is 0 Å². The number of nitrogens with zero attached hydrogens (tertiary/aromatic N) is 3. The predicted octanol–water partition coefficient (Wildman–Crippen LogP) is 2.24. The molecule has 1 amide bonds.